The van der Waals surface area contributed by atoms with Crippen LogP contribution in [-0.4, -0.2) is 17.2 Å². The summed E-state index contributed by atoms with van der Waals surface area (Å²) in [6.45, 7) is -1.03. The SMILES string of the molecule is COc1cc(C(F)(F)F)nc(CO)c1C(F)F. The first kappa shape index (κ1) is 13.6. The van der Waals surface area contributed by atoms with E-state index < -0.39 is 41.9 Å². The van der Waals surface area contributed by atoms with Gasteiger partial charge in [0, 0.05) is 6.07 Å². The van der Waals surface area contributed by atoms with Gasteiger partial charge in [0.25, 0.3) is 6.43 Å². The molecule has 0 radical (unpaired) electrons. The highest BCUT2D eigenvalue weighted by Gasteiger charge is 2.35. The molecule has 1 rings (SSSR count). The average molecular weight is 257 g/mol. The van der Waals surface area contributed by atoms with Gasteiger partial charge in [0.2, 0.25) is 0 Å². The molecule has 17 heavy (non-hydrogen) atoms. The average Bonchev–Trinajstić information content (AvgIpc) is 2.25. The Kier molecular flexibility index (Phi) is 3.87. The summed E-state index contributed by atoms with van der Waals surface area (Å²) >= 11 is 0. The molecule has 0 bridgehead atoms. The van der Waals surface area contributed by atoms with Gasteiger partial charge >= 0.3 is 6.18 Å². The Morgan fingerprint density at radius 3 is 2.35 bits per heavy atom. The Balaban J connectivity index is 3.45. The van der Waals surface area contributed by atoms with Crippen LogP contribution in [0.4, 0.5) is 22.0 Å². The molecule has 0 atom stereocenters. The maximum atomic E-state index is 12.6. The number of pyridine rings is 1. The molecule has 1 heterocycles. The summed E-state index contributed by atoms with van der Waals surface area (Å²) in [7, 11) is 0.961. The van der Waals surface area contributed by atoms with E-state index >= 15 is 0 Å². The van der Waals surface area contributed by atoms with E-state index in [1.807, 2.05) is 0 Å². The number of halogens is 5. The summed E-state index contributed by atoms with van der Waals surface area (Å²) in [6, 6.07) is 0.376. The lowest BCUT2D eigenvalue weighted by Crippen LogP contribution is -2.13. The van der Waals surface area contributed by atoms with Crippen molar-refractivity contribution in [2.75, 3.05) is 7.11 Å². The van der Waals surface area contributed by atoms with Gasteiger partial charge in [-0.25, -0.2) is 13.8 Å². The third-order valence-electron chi connectivity index (χ3n) is 1.98. The van der Waals surface area contributed by atoms with E-state index in [4.69, 9.17) is 5.11 Å². The predicted octanol–water partition coefficient (Wildman–Crippen LogP) is 2.54. The fourth-order valence-corrected chi connectivity index (χ4v) is 1.25. The van der Waals surface area contributed by atoms with Crippen LogP contribution in [0.5, 0.6) is 5.75 Å². The second kappa shape index (κ2) is 4.82. The van der Waals surface area contributed by atoms with Crippen molar-refractivity contribution in [1.29, 1.82) is 0 Å². The molecule has 0 saturated heterocycles. The Bertz CT molecular complexity index is 380. The first-order valence-electron chi connectivity index (χ1n) is 4.35. The fraction of sp³-hybridized carbons (Fsp3) is 0.444. The molecular weight excluding hydrogens is 249 g/mol. The number of aromatic nitrogens is 1. The molecule has 0 saturated carbocycles. The summed E-state index contributed by atoms with van der Waals surface area (Å²) in [5.41, 5.74) is -2.96. The molecule has 0 unspecified atom stereocenters. The lowest BCUT2D eigenvalue weighted by atomic mass is 10.1. The highest BCUT2D eigenvalue weighted by atomic mass is 19.4. The summed E-state index contributed by atoms with van der Waals surface area (Å²) in [4.78, 5) is 2.96. The summed E-state index contributed by atoms with van der Waals surface area (Å²) in [6.07, 6.45) is -7.88. The van der Waals surface area contributed by atoms with E-state index in [9.17, 15) is 22.0 Å². The molecule has 1 aromatic heterocycles. The normalized spacial score (nSPS) is 12.0. The minimum absolute atomic E-state index is 0.376. The largest absolute Gasteiger partial charge is 0.496 e. The first-order chi connectivity index (χ1) is 7.81. The van der Waals surface area contributed by atoms with Gasteiger partial charge in [-0.2, -0.15) is 13.2 Å². The van der Waals surface area contributed by atoms with E-state index in [0.29, 0.717) is 6.07 Å². The zero-order valence-corrected chi connectivity index (χ0v) is 8.55. The Hall–Kier alpha value is -1.44. The van der Waals surface area contributed by atoms with Gasteiger partial charge in [-0.3, -0.25) is 0 Å². The van der Waals surface area contributed by atoms with Crippen LogP contribution in [0.3, 0.4) is 0 Å². The number of hydrogen-bond donors (Lipinski definition) is 1. The monoisotopic (exact) mass is 257 g/mol. The number of aliphatic hydroxyl groups is 1. The summed E-state index contributed by atoms with van der Waals surface area (Å²) in [5, 5.41) is 8.76. The molecule has 1 aromatic rings. The first-order valence-corrected chi connectivity index (χ1v) is 4.35. The minimum Gasteiger partial charge on any atom is -0.496 e. The van der Waals surface area contributed by atoms with Crippen LogP contribution in [-0.2, 0) is 12.8 Å². The van der Waals surface area contributed by atoms with Gasteiger partial charge in [-0.1, -0.05) is 0 Å². The molecule has 96 valence electrons. The van der Waals surface area contributed by atoms with Crippen LogP contribution in [0.25, 0.3) is 0 Å². The number of nitrogens with zero attached hydrogens (tertiary/aromatic N) is 1. The molecule has 0 spiro atoms. The smallest absolute Gasteiger partial charge is 0.433 e. The summed E-state index contributed by atoms with van der Waals surface area (Å²) in [5.74, 6) is -0.647. The molecule has 0 aliphatic heterocycles. The Labute approximate surface area is 92.8 Å². The molecule has 8 heteroatoms. The highest BCUT2D eigenvalue weighted by molar-refractivity contribution is 5.40. The van der Waals surface area contributed by atoms with E-state index in [1.54, 1.807) is 0 Å². The molecule has 0 aromatic carbocycles. The third-order valence-corrected chi connectivity index (χ3v) is 1.98. The number of methoxy groups -OCH3 is 1. The van der Waals surface area contributed by atoms with Crippen LogP contribution < -0.4 is 4.74 Å². The quantitative estimate of drug-likeness (QED) is 0.846. The zero-order valence-electron chi connectivity index (χ0n) is 8.55. The zero-order chi connectivity index (χ0) is 13.2. The van der Waals surface area contributed by atoms with Gasteiger partial charge in [-0.05, 0) is 0 Å². The Morgan fingerprint density at radius 2 is 2.00 bits per heavy atom. The van der Waals surface area contributed by atoms with Crippen LogP contribution in [0.2, 0.25) is 0 Å². The molecular formula is C9H8F5NO2. The van der Waals surface area contributed by atoms with E-state index in [1.165, 1.54) is 0 Å². The predicted molar refractivity (Wildman–Crippen MR) is 46.7 cm³/mol. The van der Waals surface area contributed by atoms with Gasteiger partial charge in [0.1, 0.15) is 11.4 Å². The van der Waals surface area contributed by atoms with Crippen LogP contribution in [0.15, 0.2) is 6.07 Å². The van der Waals surface area contributed by atoms with Crippen molar-refractivity contribution in [2.45, 2.75) is 19.2 Å². The molecule has 0 aliphatic rings. The van der Waals surface area contributed by atoms with Gasteiger partial charge in [-0.15, -0.1) is 0 Å². The van der Waals surface area contributed by atoms with Crippen molar-refractivity contribution in [2.24, 2.45) is 0 Å². The molecule has 0 amide bonds. The minimum atomic E-state index is -4.79. The second-order valence-electron chi connectivity index (χ2n) is 3.03. The lowest BCUT2D eigenvalue weighted by molar-refractivity contribution is -0.141. The van der Waals surface area contributed by atoms with E-state index in [2.05, 4.69) is 9.72 Å². The number of ether oxygens (including phenoxy) is 1. The van der Waals surface area contributed by atoms with Crippen molar-refractivity contribution in [3.05, 3.63) is 23.0 Å². The van der Waals surface area contributed by atoms with Crippen molar-refractivity contribution in [3.63, 3.8) is 0 Å². The fourth-order valence-electron chi connectivity index (χ4n) is 1.25. The van der Waals surface area contributed by atoms with Crippen molar-refractivity contribution < 1.29 is 31.8 Å². The number of rotatable bonds is 3. The Morgan fingerprint density at radius 1 is 1.41 bits per heavy atom. The van der Waals surface area contributed by atoms with Gasteiger partial charge in [0.15, 0.2) is 0 Å². The van der Waals surface area contributed by atoms with Gasteiger partial charge < -0.3 is 9.84 Å². The molecule has 1 N–H and O–H groups in total. The van der Waals surface area contributed by atoms with Crippen LogP contribution >= 0.6 is 0 Å². The standard InChI is InChI=1S/C9H8F5NO2/c1-17-5-2-6(9(12,13)14)15-4(3-16)7(5)8(10)11/h2,8,16H,3H2,1H3. The third kappa shape index (κ3) is 2.82. The molecule has 0 fully saturated rings. The van der Waals surface area contributed by atoms with Crippen LogP contribution in [0.1, 0.15) is 23.4 Å². The highest BCUT2D eigenvalue weighted by Crippen LogP contribution is 2.36. The number of aliphatic hydroxyl groups excluding tert-OH is 1. The molecule has 0 aliphatic carbocycles. The van der Waals surface area contributed by atoms with Crippen LogP contribution in [0, 0.1) is 0 Å². The van der Waals surface area contributed by atoms with E-state index in [0.717, 1.165) is 7.11 Å². The van der Waals surface area contributed by atoms with E-state index in [-0.39, 0.29) is 0 Å². The maximum Gasteiger partial charge on any atom is 0.433 e. The topological polar surface area (TPSA) is 42.4 Å². The maximum absolute atomic E-state index is 12.6. The summed E-state index contributed by atoms with van der Waals surface area (Å²) < 4.78 is 66.7. The number of hydrogen-bond acceptors (Lipinski definition) is 3. The number of alkyl halides is 5. The van der Waals surface area contributed by atoms with Gasteiger partial charge in [0.05, 0.1) is 25.0 Å². The van der Waals surface area contributed by atoms with Crippen molar-refractivity contribution >= 4 is 0 Å². The second-order valence-corrected chi connectivity index (χ2v) is 3.03. The van der Waals surface area contributed by atoms with Crippen molar-refractivity contribution in [3.8, 4) is 5.75 Å². The van der Waals surface area contributed by atoms with Crippen molar-refractivity contribution in [1.82, 2.24) is 4.98 Å². The molecule has 3 nitrogen and oxygen atoms in total. The lowest BCUT2D eigenvalue weighted by Gasteiger charge is -2.14.